The molecule has 34 heavy (non-hydrogen) atoms. The Bertz CT molecular complexity index is 1190. The third kappa shape index (κ3) is 5.26. The van der Waals surface area contributed by atoms with Crippen molar-refractivity contribution in [2.45, 2.75) is 44.8 Å². The average Bonchev–Trinajstić information content (AvgIpc) is 3.19. The maximum atomic E-state index is 13.6. The number of benzene rings is 3. The maximum absolute atomic E-state index is 13.6. The Balaban J connectivity index is 1.44. The highest BCUT2D eigenvalue weighted by atomic mass is 32.2. The number of hydrogen-bond donors (Lipinski definition) is 0. The molecule has 2 fully saturated rings. The van der Waals surface area contributed by atoms with Crippen LogP contribution in [-0.2, 0) is 11.4 Å². The molecule has 0 aromatic heterocycles. The zero-order valence-electron chi connectivity index (χ0n) is 19.1. The molecule has 1 saturated carbocycles. The molecule has 3 aromatic rings. The number of carbonyl (C=O) groups is 1. The normalized spacial score (nSPS) is 19.2. The number of rotatable bonds is 6. The topological polar surface area (TPSA) is 41.9 Å². The number of ether oxygens (including phenoxy) is 1. The van der Waals surface area contributed by atoms with E-state index in [1.807, 2.05) is 95.9 Å². The summed E-state index contributed by atoms with van der Waals surface area (Å²) in [6.07, 6.45) is 7.58. The summed E-state index contributed by atoms with van der Waals surface area (Å²) in [5, 5.41) is 0.775. The van der Waals surface area contributed by atoms with Crippen molar-refractivity contribution >= 4 is 34.6 Å². The molecular formula is C29H28N2O2S. The average molecular weight is 469 g/mol. The van der Waals surface area contributed by atoms with Gasteiger partial charge in [-0.15, -0.1) is 0 Å². The van der Waals surface area contributed by atoms with Gasteiger partial charge in [0, 0.05) is 11.6 Å². The van der Waals surface area contributed by atoms with Crippen LogP contribution in [0, 0.1) is 0 Å². The van der Waals surface area contributed by atoms with Gasteiger partial charge in [0.2, 0.25) is 0 Å². The van der Waals surface area contributed by atoms with Gasteiger partial charge in [-0.2, -0.15) is 0 Å². The van der Waals surface area contributed by atoms with Crippen LogP contribution in [0.3, 0.4) is 0 Å². The molecule has 0 N–H and O–H groups in total. The van der Waals surface area contributed by atoms with Crippen molar-refractivity contribution in [3.8, 4) is 5.75 Å². The Morgan fingerprint density at radius 2 is 1.56 bits per heavy atom. The maximum Gasteiger partial charge on any atom is 0.267 e. The molecule has 0 atom stereocenters. The molecule has 5 heteroatoms. The first-order chi connectivity index (χ1) is 16.8. The highest BCUT2D eigenvalue weighted by Gasteiger charge is 2.38. The van der Waals surface area contributed by atoms with E-state index >= 15 is 0 Å². The largest absolute Gasteiger partial charge is 0.488 e. The molecule has 1 heterocycles. The number of amidine groups is 1. The third-order valence-electron chi connectivity index (χ3n) is 6.20. The molecule has 0 unspecified atom stereocenters. The van der Waals surface area contributed by atoms with Gasteiger partial charge in [0.15, 0.2) is 5.17 Å². The van der Waals surface area contributed by atoms with Crippen molar-refractivity contribution in [3.63, 3.8) is 0 Å². The summed E-state index contributed by atoms with van der Waals surface area (Å²) in [7, 11) is 0. The van der Waals surface area contributed by atoms with Gasteiger partial charge in [-0.25, -0.2) is 4.99 Å². The number of nitrogens with zero attached hydrogens (tertiary/aromatic N) is 2. The molecule has 1 aliphatic carbocycles. The number of hydrogen-bond acceptors (Lipinski definition) is 4. The molecule has 1 saturated heterocycles. The molecule has 5 rings (SSSR count). The van der Waals surface area contributed by atoms with E-state index in [1.54, 1.807) is 0 Å². The van der Waals surface area contributed by atoms with Crippen molar-refractivity contribution in [2.24, 2.45) is 4.99 Å². The fourth-order valence-corrected chi connectivity index (χ4v) is 5.50. The van der Waals surface area contributed by atoms with Crippen molar-refractivity contribution in [1.82, 2.24) is 4.90 Å². The molecule has 0 radical (unpaired) electrons. The minimum absolute atomic E-state index is 0.0458. The van der Waals surface area contributed by atoms with Gasteiger partial charge in [0.05, 0.1) is 10.6 Å². The second-order valence-electron chi connectivity index (χ2n) is 8.62. The fourth-order valence-electron chi connectivity index (χ4n) is 4.45. The van der Waals surface area contributed by atoms with E-state index in [9.17, 15) is 4.79 Å². The van der Waals surface area contributed by atoms with Crippen LogP contribution >= 0.6 is 11.8 Å². The first kappa shape index (κ1) is 22.5. The van der Waals surface area contributed by atoms with Crippen LogP contribution in [0.2, 0.25) is 0 Å². The van der Waals surface area contributed by atoms with Crippen LogP contribution in [0.1, 0.15) is 43.2 Å². The molecule has 1 amide bonds. The number of para-hydroxylation sites is 2. The van der Waals surface area contributed by atoms with Gasteiger partial charge in [0.25, 0.3) is 5.91 Å². The van der Waals surface area contributed by atoms with E-state index < -0.39 is 0 Å². The van der Waals surface area contributed by atoms with Crippen molar-refractivity contribution < 1.29 is 9.53 Å². The zero-order chi connectivity index (χ0) is 23.2. The van der Waals surface area contributed by atoms with Crippen molar-refractivity contribution in [1.29, 1.82) is 0 Å². The molecule has 3 aromatic carbocycles. The number of amides is 1. The second-order valence-corrected chi connectivity index (χ2v) is 9.63. The predicted molar refractivity (Wildman–Crippen MR) is 140 cm³/mol. The predicted octanol–water partition coefficient (Wildman–Crippen LogP) is 7.20. The van der Waals surface area contributed by atoms with Crippen LogP contribution in [0.25, 0.3) is 6.08 Å². The summed E-state index contributed by atoms with van der Waals surface area (Å²) in [5.41, 5.74) is 2.88. The smallest absolute Gasteiger partial charge is 0.267 e. The summed E-state index contributed by atoms with van der Waals surface area (Å²) in [5.74, 6) is 0.814. The van der Waals surface area contributed by atoms with Gasteiger partial charge in [0.1, 0.15) is 12.4 Å². The van der Waals surface area contributed by atoms with E-state index in [4.69, 9.17) is 9.73 Å². The van der Waals surface area contributed by atoms with Gasteiger partial charge in [-0.3, -0.25) is 9.69 Å². The Labute approximate surface area is 205 Å². The Morgan fingerprint density at radius 1 is 0.882 bits per heavy atom. The highest BCUT2D eigenvalue weighted by Crippen LogP contribution is 2.39. The minimum Gasteiger partial charge on any atom is -0.488 e. The lowest BCUT2D eigenvalue weighted by Crippen LogP contribution is -2.40. The van der Waals surface area contributed by atoms with Crippen molar-refractivity contribution in [2.75, 3.05) is 0 Å². The number of thioether (sulfide) groups is 1. The Hall–Kier alpha value is -3.31. The molecule has 172 valence electrons. The Kier molecular flexibility index (Phi) is 7.10. The van der Waals surface area contributed by atoms with E-state index in [2.05, 4.69) is 0 Å². The minimum atomic E-state index is 0.0458. The van der Waals surface area contributed by atoms with Crippen LogP contribution in [-0.4, -0.2) is 22.0 Å². The lowest BCUT2D eigenvalue weighted by molar-refractivity contribution is -0.124. The Morgan fingerprint density at radius 3 is 2.32 bits per heavy atom. The van der Waals surface area contributed by atoms with Gasteiger partial charge in [-0.05, 0) is 54.4 Å². The molecule has 0 bridgehead atoms. The fraction of sp³-hybridized carbons (Fsp3) is 0.241. The summed E-state index contributed by atoms with van der Waals surface area (Å²) in [4.78, 5) is 21.1. The monoisotopic (exact) mass is 468 g/mol. The van der Waals surface area contributed by atoms with E-state index in [0.29, 0.717) is 11.5 Å². The first-order valence-electron chi connectivity index (χ1n) is 11.9. The summed E-state index contributed by atoms with van der Waals surface area (Å²) in [6, 6.07) is 28.1. The van der Waals surface area contributed by atoms with Crippen molar-refractivity contribution in [3.05, 3.63) is 101 Å². The molecule has 0 spiro atoms. The number of carbonyl (C=O) groups excluding carboxylic acids is 1. The van der Waals surface area contributed by atoms with E-state index in [-0.39, 0.29) is 11.9 Å². The number of aliphatic imine (C=N–C) groups is 1. The second kappa shape index (κ2) is 10.7. The summed E-state index contributed by atoms with van der Waals surface area (Å²) < 4.78 is 6.13. The first-order valence-corrected chi connectivity index (χ1v) is 12.7. The molecular weight excluding hydrogens is 440 g/mol. The van der Waals surface area contributed by atoms with E-state index in [1.165, 1.54) is 18.2 Å². The quantitative estimate of drug-likeness (QED) is 0.359. The molecule has 4 nitrogen and oxygen atoms in total. The van der Waals surface area contributed by atoms with E-state index in [0.717, 1.165) is 53.4 Å². The SMILES string of the molecule is O=C1/C(=C\c2ccccc2OCc2ccccc2)SC(=Nc2ccccc2)N1C1CCCCC1. The van der Waals surface area contributed by atoms with Crippen LogP contribution in [0.15, 0.2) is 94.8 Å². The summed E-state index contributed by atoms with van der Waals surface area (Å²) in [6.45, 7) is 0.483. The summed E-state index contributed by atoms with van der Waals surface area (Å²) >= 11 is 1.47. The lowest BCUT2D eigenvalue weighted by Gasteiger charge is -2.30. The standard InChI is InChI=1S/C29H28N2O2S/c32-28-27(20-23-14-10-11-19-26(23)33-21-22-12-4-1-5-13-22)34-29(30-24-15-6-2-7-16-24)31(28)25-17-8-3-9-18-25/h1-2,4-7,10-16,19-20,25H,3,8-9,17-18,21H2/b27-20+,30-29?. The van der Waals surface area contributed by atoms with Crippen LogP contribution < -0.4 is 4.74 Å². The lowest BCUT2D eigenvalue weighted by atomic mass is 9.94. The van der Waals surface area contributed by atoms with Gasteiger partial charge in [-0.1, -0.05) is 86.0 Å². The van der Waals surface area contributed by atoms with Gasteiger partial charge < -0.3 is 4.74 Å². The van der Waals surface area contributed by atoms with Crippen LogP contribution in [0.4, 0.5) is 5.69 Å². The third-order valence-corrected chi connectivity index (χ3v) is 7.18. The zero-order valence-corrected chi connectivity index (χ0v) is 19.9. The van der Waals surface area contributed by atoms with Crippen LogP contribution in [0.5, 0.6) is 5.75 Å². The highest BCUT2D eigenvalue weighted by molar-refractivity contribution is 8.18. The van der Waals surface area contributed by atoms with Gasteiger partial charge >= 0.3 is 0 Å². The molecule has 1 aliphatic heterocycles. The molecule has 2 aliphatic rings.